The highest BCUT2D eigenvalue weighted by molar-refractivity contribution is 6.76. The first-order valence-corrected chi connectivity index (χ1v) is 15.9. The second-order valence-corrected chi connectivity index (χ2v) is 16.0. The lowest BCUT2D eigenvalue weighted by molar-refractivity contribution is 0.101. The van der Waals surface area contributed by atoms with Crippen molar-refractivity contribution in [1.29, 1.82) is 0 Å². The van der Waals surface area contributed by atoms with Crippen molar-refractivity contribution >= 4 is 42.0 Å². The lowest BCUT2D eigenvalue weighted by Gasteiger charge is -2.29. The number of hydrogen-bond donors (Lipinski definition) is 1. The van der Waals surface area contributed by atoms with Crippen LogP contribution in [0.2, 0.25) is 30.8 Å². The van der Waals surface area contributed by atoms with E-state index in [0.717, 1.165) is 66.6 Å². The van der Waals surface area contributed by atoms with Crippen molar-refractivity contribution in [2.75, 3.05) is 31.3 Å². The molecule has 1 aliphatic heterocycles. The number of ether oxygens (including phenoxy) is 2. The predicted molar refractivity (Wildman–Crippen MR) is 142 cm³/mol. The molecule has 0 atom stereocenters. The van der Waals surface area contributed by atoms with Crippen LogP contribution in [0.25, 0.3) is 10.8 Å². The van der Waals surface area contributed by atoms with Gasteiger partial charge in [-0.15, -0.1) is 0 Å². The number of halogens is 1. The zero-order valence-corrected chi connectivity index (χ0v) is 22.0. The average Bonchev–Trinajstić information content (AvgIpc) is 2.80. The minimum Gasteiger partial charge on any atom is -0.490 e. The maximum atomic E-state index is 6.26. The van der Waals surface area contributed by atoms with Gasteiger partial charge in [-0.25, -0.2) is 15.0 Å². The fourth-order valence-electron chi connectivity index (χ4n) is 3.93. The molecule has 9 heteroatoms. The summed E-state index contributed by atoms with van der Waals surface area (Å²) in [6.45, 7) is 9.86. The fraction of sp³-hybridized carbons (Fsp3) is 0.440. The van der Waals surface area contributed by atoms with Crippen LogP contribution < -0.4 is 15.5 Å². The summed E-state index contributed by atoms with van der Waals surface area (Å²) >= 11 is 6.04. The average molecular weight is 500 g/mol. The van der Waals surface area contributed by atoms with Crippen molar-refractivity contribution in [3.63, 3.8) is 0 Å². The van der Waals surface area contributed by atoms with Gasteiger partial charge in [-0.1, -0.05) is 31.2 Å². The van der Waals surface area contributed by atoms with Gasteiger partial charge in [0, 0.05) is 39.4 Å². The standard InChI is InChI=1S/C25H34ClN5O2Si/c1-34(2,3)15-14-32-18-31(20-4-7-24(26)29-17-20)25-23-6-5-22(16-19(23)8-11-28-25)33-21-9-12-30(27)13-10-21/h4-8,11,16-17,21H,9-10,12-15,18,27H2,1-3H3. The van der Waals surface area contributed by atoms with Gasteiger partial charge >= 0.3 is 0 Å². The molecule has 1 aromatic carbocycles. The first-order chi connectivity index (χ1) is 16.3. The van der Waals surface area contributed by atoms with Crippen molar-refractivity contribution < 1.29 is 9.47 Å². The molecule has 0 unspecified atom stereocenters. The smallest absolute Gasteiger partial charge is 0.142 e. The van der Waals surface area contributed by atoms with Gasteiger partial charge < -0.3 is 14.4 Å². The van der Waals surface area contributed by atoms with E-state index >= 15 is 0 Å². The molecule has 3 aromatic rings. The normalized spacial score (nSPS) is 15.6. The second-order valence-electron chi connectivity index (χ2n) is 9.99. The van der Waals surface area contributed by atoms with Crippen LogP contribution in [0.3, 0.4) is 0 Å². The third-order valence-corrected chi connectivity index (χ3v) is 7.92. The molecule has 0 saturated carbocycles. The van der Waals surface area contributed by atoms with E-state index in [1.165, 1.54) is 0 Å². The number of nitrogens with two attached hydrogens (primary N) is 1. The largest absolute Gasteiger partial charge is 0.490 e. The van der Waals surface area contributed by atoms with E-state index in [1.807, 2.05) is 34.3 Å². The Morgan fingerprint density at radius 1 is 1.12 bits per heavy atom. The molecule has 3 heterocycles. The molecule has 4 rings (SSSR count). The molecule has 1 fully saturated rings. The molecule has 1 aliphatic rings. The van der Waals surface area contributed by atoms with E-state index in [2.05, 4.69) is 36.8 Å². The predicted octanol–water partition coefficient (Wildman–Crippen LogP) is 5.45. The molecule has 1 saturated heterocycles. The number of nitrogens with zero attached hydrogens (tertiary/aromatic N) is 4. The quantitative estimate of drug-likeness (QED) is 0.138. The van der Waals surface area contributed by atoms with Crippen molar-refractivity contribution in [1.82, 2.24) is 15.0 Å². The summed E-state index contributed by atoms with van der Waals surface area (Å²) in [5.41, 5.74) is 0.881. The Hall–Kier alpha value is -2.23. The Labute approximate surface area is 207 Å². The number of aromatic nitrogens is 2. The van der Waals surface area contributed by atoms with Crippen LogP contribution in [0, 0.1) is 0 Å². The first-order valence-electron chi connectivity index (χ1n) is 11.8. The number of rotatable bonds is 9. The van der Waals surface area contributed by atoms with Crippen LogP contribution in [-0.2, 0) is 4.74 Å². The highest BCUT2D eigenvalue weighted by Gasteiger charge is 2.20. The summed E-state index contributed by atoms with van der Waals surface area (Å²) < 4.78 is 12.4. The van der Waals surface area contributed by atoms with E-state index in [9.17, 15) is 0 Å². The topological polar surface area (TPSA) is 76.7 Å². The molecular formula is C25H34ClN5O2Si. The monoisotopic (exact) mass is 499 g/mol. The molecule has 0 aliphatic carbocycles. The van der Waals surface area contributed by atoms with Crippen LogP contribution in [-0.4, -0.2) is 55.6 Å². The van der Waals surface area contributed by atoms with Gasteiger partial charge in [-0.2, -0.15) is 0 Å². The number of fused-ring (bicyclic) bond motifs is 1. The second kappa shape index (κ2) is 11.0. The number of anilines is 2. The number of benzene rings is 1. The van der Waals surface area contributed by atoms with E-state index in [-0.39, 0.29) is 6.10 Å². The van der Waals surface area contributed by atoms with E-state index in [4.69, 9.17) is 31.9 Å². The van der Waals surface area contributed by atoms with Gasteiger partial charge in [0.15, 0.2) is 0 Å². The molecule has 0 spiro atoms. The Bertz CT molecular complexity index is 1080. The minimum absolute atomic E-state index is 0.190. The maximum absolute atomic E-state index is 6.26. The SMILES string of the molecule is C[Si](C)(C)CCOCN(c1ccc(Cl)nc1)c1nccc2cc(OC3CCN(N)CC3)ccc12. The molecule has 7 nitrogen and oxygen atoms in total. The third kappa shape index (κ3) is 6.67. The van der Waals surface area contributed by atoms with Gasteiger partial charge in [0.05, 0.1) is 11.9 Å². The highest BCUT2D eigenvalue weighted by Crippen LogP contribution is 2.33. The fourth-order valence-corrected chi connectivity index (χ4v) is 4.80. The van der Waals surface area contributed by atoms with E-state index < -0.39 is 8.07 Å². The molecule has 34 heavy (non-hydrogen) atoms. The van der Waals surface area contributed by atoms with Gasteiger partial charge in [0.25, 0.3) is 0 Å². The summed E-state index contributed by atoms with van der Waals surface area (Å²) in [4.78, 5) is 11.0. The summed E-state index contributed by atoms with van der Waals surface area (Å²) in [6.07, 6.45) is 5.64. The third-order valence-electron chi connectivity index (χ3n) is 5.99. The Kier molecular flexibility index (Phi) is 8.05. The number of pyridine rings is 2. The van der Waals surface area contributed by atoms with Crippen molar-refractivity contribution in [2.24, 2.45) is 5.84 Å². The maximum Gasteiger partial charge on any atom is 0.142 e. The van der Waals surface area contributed by atoms with Gasteiger partial charge in [-0.3, -0.25) is 5.84 Å². The molecular weight excluding hydrogens is 466 g/mol. The Morgan fingerprint density at radius 3 is 2.62 bits per heavy atom. The van der Waals surface area contributed by atoms with Crippen LogP contribution in [0.4, 0.5) is 11.5 Å². The van der Waals surface area contributed by atoms with Crippen LogP contribution in [0.5, 0.6) is 5.75 Å². The van der Waals surface area contributed by atoms with E-state index in [1.54, 1.807) is 12.3 Å². The molecule has 0 amide bonds. The zero-order valence-electron chi connectivity index (χ0n) is 20.2. The number of hydrazine groups is 1. The van der Waals surface area contributed by atoms with Crippen molar-refractivity contribution in [3.8, 4) is 5.75 Å². The van der Waals surface area contributed by atoms with Crippen molar-refractivity contribution in [3.05, 3.63) is 53.9 Å². The zero-order chi connectivity index (χ0) is 24.1. The summed E-state index contributed by atoms with van der Waals surface area (Å²) in [5, 5.41) is 4.39. The number of hydrogen-bond acceptors (Lipinski definition) is 7. The summed E-state index contributed by atoms with van der Waals surface area (Å²) in [6, 6.07) is 13.0. The first kappa shape index (κ1) is 24.9. The molecule has 0 bridgehead atoms. The molecule has 182 valence electrons. The lowest BCUT2D eigenvalue weighted by Crippen LogP contribution is -2.42. The molecule has 2 N–H and O–H groups in total. The lowest BCUT2D eigenvalue weighted by atomic mass is 10.1. The summed E-state index contributed by atoms with van der Waals surface area (Å²) in [7, 11) is -1.18. The van der Waals surface area contributed by atoms with Crippen molar-refractivity contribution in [2.45, 2.75) is 44.6 Å². The van der Waals surface area contributed by atoms with Crippen LogP contribution >= 0.6 is 11.6 Å². The van der Waals surface area contributed by atoms with E-state index in [0.29, 0.717) is 11.9 Å². The highest BCUT2D eigenvalue weighted by atomic mass is 35.5. The van der Waals surface area contributed by atoms with Gasteiger partial charge in [0.1, 0.15) is 29.6 Å². The minimum atomic E-state index is -1.18. The number of piperidine rings is 1. The molecule has 0 radical (unpaired) electrons. The van der Waals surface area contributed by atoms with Crippen LogP contribution in [0.1, 0.15) is 12.8 Å². The summed E-state index contributed by atoms with van der Waals surface area (Å²) in [5.74, 6) is 7.56. The van der Waals surface area contributed by atoms with Gasteiger partial charge in [0.2, 0.25) is 0 Å². The van der Waals surface area contributed by atoms with Gasteiger partial charge in [-0.05, 0) is 60.7 Å². The Morgan fingerprint density at radius 2 is 1.91 bits per heavy atom. The Balaban J connectivity index is 1.58. The van der Waals surface area contributed by atoms with Crippen LogP contribution in [0.15, 0.2) is 48.8 Å². The molecule has 2 aromatic heterocycles.